The molecule has 0 saturated carbocycles. The molecule has 24 heavy (non-hydrogen) atoms. The lowest BCUT2D eigenvalue weighted by molar-refractivity contribution is 0.276. The molecule has 0 spiro atoms. The molecule has 0 amide bonds. The highest BCUT2D eigenvalue weighted by Crippen LogP contribution is 2.19. The molecule has 0 aliphatic heterocycles. The first-order chi connectivity index (χ1) is 11.6. The van der Waals surface area contributed by atoms with Crippen LogP contribution in [-0.2, 0) is 13.0 Å². The van der Waals surface area contributed by atoms with Crippen molar-refractivity contribution in [2.24, 2.45) is 0 Å². The Labute approximate surface area is 137 Å². The smallest absolute Gasteiger partial charge is 0.316 e. The highest BCUT2D eigenvalue weighted by atomic mass is 19.1. The van der Waals surface area contributed by atoms with Gasteiger partial charge in [0.25, 0.3) is 0 Å². The molecule has 0 N–H and O–H groups in total. The second kappa shape index (κ2) is 6.69. The lowest BCUT2D eigenvalue weighted by Crippen LogP contribution is -2.02. The van der Waals surface area contributed by atoms with Crippen LogP contribution in [0.25, 0.3) is 5.69 Å². The van der Waals surface area contributed by atoms with Gasteiger partial charge >= 0.3 is 6.01 Å². The van der Waals surface area contributed by atoms with Gasteiger partial charge in [0.05, 0.1) is 6.20 Å². The molecule has 0 aliphatic carbocycles. The number of hydrogen-bond acceptors (Lipinski definition) is 5. The maximum atomic E-state index is 14.1. The van der Waals surface area contributed by atoms with Crippen molar-refractivity contribution in [1.82, 2.24) is 25.0 Å². The number of aryl methyl sites for hydroxylation is 1. The fraction of sp³-hybridized carbons (Fsp3) is 0.250. The van der Waals surface area contributed by atoms with E-state index < -0.39 is 11.6 Å². The van der Waals surface area contributed by atoms with Crippen molar-refractivity contribution in [3.05, 3.63) is 59.2 Å². The normalized spacial score (nSPS) is 10.8. The number of hydrogen-bond donors (Lipinski definition) is 0. The Balaban J connectivity index is 1.72. The van der Waals surface area contributed by atoms with Crippen LogP contribution in [0.3, 0.4) is 0 Å². The van der Waals surface area contributed by atoms with E-state index >= 15 is 0 Å². The summed E-state index contributed by atoms with van der Waals surface area (Å²) in [6.07, 6.45) is 5.74. The topological polar surface area (TPSA) is 65.7 Å². The van der Waals surface area contributed by atoms with Gasteiger partial charge < -0.3 is 4.74 Å². The highest BCUT2D eigenvalue weighted by Gasteiger charge is 2.13. The van der Waals surface area contributed by atoms with Crippen LogP contribution in [0.1, 0.15) is 23.7 Å². The van der Waals surface area contributed by atoms with E-state index in [-0.39, 0.29) is 23.9 Å². The second-order valence-corrected chi connectivity index (χ2v) is 5.18. The van der Waals surface area contributed by atoms with Crippen molar-refractivity contribution in [2.75, 3.05) is 0 Å². The van der Waals surface area contributed by atoms with Crippen LogP contribution in [0.5, 0.6) is 6.01 Å². The van der Waals surface area contributed by atoms with E-state index in [2.05, 4.69) is 20.3 Å². The Bertz CT molecular complexity index is 848. The highest BCUT2D eigenvalue weighted by molar-refractivity contribution is 5.37. The molecule has 0 unspecified atom stereocenters. The summed E-state index contributed by atoms with van der Waals surface area (Å²) in [5, 5.41) is 7.75. The maximum Gasteiger partial charge on any atom is 0.316 e. The average molecular weight is 331 g/mol. The van der Waals surface area contributed by atoms with Crippen molar-refractivity contribution in [1.29, 1.82) is 0 Å². The molecule has 3 rings (SSSR count). The Morgan fingerprint density at radius 2 is 1.92 bits per heavy atom. The predicted octanol–water partition coefficient (Wildman–Crippen LogP) is 2.79. The average Bonchev–Trinajstić information content (AvgIpc) is 3.07. The molecule has 0 bridgehead atoms. The summed E-state index contributed by atoms with van der Waals surface area (Å²) in [5.74, 6) is -1.28. The van der Waals surface area contributed by atoms with Gasteiger partial charge in [-0.2, -0.15) is 0 Å². The molecule has 124 valence electrons. The minimum Gasteiger partial charge on any atom is -0.457 e. The summed E-state index contributed by atoms with van der Waals surface area (Å²) < 4.78 is 34.1. The summed E-state index contributed by atoms with van der Waals surface area (Å²) >= 11 is 0. The van der Waals surface area contributed by atoms with Gasteiger partial charge in [-0.1, -0.05) is 12.1 Å². The van der Waals surface area contributed by atoms with Gasteiger partial charge in [0.1, 0.15) is 23.8 Å². The van der Waals surface area contributed by atoms with Crippen LogP contribution in [-0.4, -0.2) is 25.0 Å². The summed E-state index contributed by atoms with van der Waals surface area (Å²) in [5.41, 5.74) is 1.54. The molecule has 0 fully saturated rings. The standard InChI is InChI=1S/C16H15F2N5O/c1-3-11-6-19-16(20-7-11)24-9-12-8-23(22-21-12)14-5-4-13(17)10(2)15(14)18/h4-8H,3,9H2,1-2H3. The van der Waals surface area contributed by atoms with Crippen molar-refractivity contribution in [3.8, 4) is 11.7 Å². The van der Waals surface area contributed by atoms with Gasteiger partial charge in [0, 0.05) is 18.0 Å². The Morgan fingerprint density at radius 3 is 2.62 bits per heavy atom. The number of aromatic nitrogens is 5. The number of ether oxygens (including phenoxy) is 1. The molecule has 0 radical (unpaired) electrons. The van der Waals surface area contributed by atoms with E-state index in [0.29, 0.717) is 5.69 Å². The van der Waals surface area contributed by atoms with Crippen LogP contribution < -0.4 is 4.74 Å². The summed E-state index contributed by atoms with van der Waals surface area (Å²) in [6.45, 7) is 3.47. The van der Waals surface area contributed by atoms with E-state index in [1.807, 2.05) is 6.92 Å². The van der Waals surface area contributed by atoms with Gasteiger partial charge in [-0.15, -0.1) is 5.10 Å². The summed E-state index contributed by atoms with van der Waals surface area (Å²) in [7, 11) is 0. The molecule has 0 saturated heterocycles. The Morgan fingerprint density at radius 1 is 1.17 bits per heavy atom. The Hall–Kier alpha value is -2.90. The van der Waals surface area contributed by atoms with E-state index in [1.54, 1.807) is 12.4 Å². The summed E-state index contributed by atoms with van der Waals surface area (Å²) in [4.78, 5) is 8.15. The summed E-state index contributed by atoms with van der Waals surface area (Å²) in [6, 6.07) is 2.73. The zero-order valence-corrected chi connectivity index (χ0v) is 13.2. The Kier molecular flexibility index (Phi) is 4.45. The van der Waals surface area contributed by atoms with Crippen molar-refractivity contribution >= 4 is 0 Å². The molecule has 2 heterocycles. The van der Waals surface area contributed by atoms with E-state index in [1.165, 1.54) is 29.9 Å². The molecule has 0 atom stereocenters. The van der Waals surface area contributed by atoms with E-state index in [4.69, 9.17) is 4.74 Å². The fourth-order valence-electron chi connectivity index (χ4n) is 2.04. The van der Waals surface area contributed by atoms with Crippen LogP contribution in [0.2, 0.25) is 0 Å². The van der Waals surface area contributed by atoms with Crippen LogP contribution in [0, 0.1) is 18.6 Å². The van der Waals surface area contributed by atoms with Gasteiger partial charge in [-0.05, 0) is 31.0 Å². The van der Waals surface area contributed by atoms with Gasteiger partial charge in [0.15, 0.2) is 5.82 Å². The quantitative estimate of drug-likeness (QED) is 0.719. The largest absolute Gasteiger partial charge is 0.457 e. The number of nitrogens with zero attached hydrogens (tertiary/aromatic N) is 5. The number of rotatable bonds is 5. The first kappa shape index (κ1) is 16.0. The zero-order valence-electron chi connectivity index (χ0n) is 13.2. The van der Waals surface area contributed by atoms with Crippen molar-refractivity contribution in [2.45, 2.75) is 26.9 Å². The number of halogens is 2. The van der Waals surface area contributed by atoms with Gasteiger partial charge in [0.2, 0.25) is 0 Å². The maximum absolute atomic E-state index is 14.1. The van der Waals surface area contributed by atoms with Gasteiger partial charge in [-0.25, -0.2) is 23.4 Å². The molecule has 1 aromatic carbocycles. The third-order valence-corrected chi connectivity index (χ3v) is 3.53. The van der Waals surface area contributed by atoms with Crippen LogP contribution in [0.15, 0.2) is 30.7 Å². The molecule has 2 aromatic heterocycles. The van der Waals surface area contributed by atoms with Crippen LogP contribution >= 0.6 is 0 Å². The zero-order chi connectivity index (χ0) is 17.1. The monoisotopic (exact) mass is 331 g/mol. The third-order valence-electron chi connectivity index (χ3n) is 3.53. The third kappa shape index (κ3) is 3.22. The van der Waals surface area contributed by atoms with E-state index in [9.17, 15) is 8.78 Å². The second-order valence-electron chi connectivity index (χ2n) is 5.18. The van der Waals surface area contributed by atoms with E-state index in [0.717, 1.165) is 12.0 Å². The molecule has 3 aromatic rings. The van der Waals surface area contributed by atoms with Crippen molar-refractivity contribution < 1.29 is 13.5 Å². The number of benzene rings is 1. The predicted molar refractivity (Wildman–Crippen MR) is 81.8 cm³/mol. The first-order valence-corrected chi connectivity index (χ1v) is 7.38. The molecular weight excluding hydrogens is 316 g/mol. The molecule has 0 aliphatic rings. The minimum atomic E-state index is -0.675. The van der Waals surface area contributed by atoms with Crippen molar-refractivity contribution in [3.63, 3.8) is 0 Å². The first-order valence-electron chi connectivity index (χ1n) is 7.38. The fourth-order valence-corrected chi connectivity index (χ4v) is 2.04. The molecule has 8 heteroatoms. The lowest BCUT2D eigenvalue weighted by Gasteiger charge is -2.05. The lowest BCUT2D eigenvalue weighted by atomic mass is 10.2. The van der Waals surface area contributed by atoms with Crippen LogP contribution in [0.4, 0.5) is 8.78 Å². The molecular formula is C16H15F2N5O. The minimum absolute atomic E-state index is 0.0646. The SMILES string of the molecule is CCc1cnc(OCc2cn(-c3ccc(F)c(C)c3F)nn2)nc1. The molecule has 6 nitrogen and oxygen atoms in total. The van der Waals surface area contributed by atoms with Gasteiger partial charge in [-0.3, -0.25) is 0 Å².